The Labute approximate surface area is 187 Å². The number of hydrogen-bond acceptors (Lipinski definition) is 5. The van der Waals surface area contributed by atoms with E-state index in [1.165, 1.54) is 0 Å². The van der Waals surface area contributed by atoms with Gasteiger partial charge in [0.05, 0.1) is 0 Å². The molecule has 2 aromatic carbocycles. The van der Waals surface area contributed by atoms with Crippen molar-refractivity contribution in [2.75, 3.05) is 38.5 Å². The Morgan fingerprint density at radius 1 is 1.00 bits per heavy atom. The first-order valence-corrected chi connectivity index (χ1v) is 11.0. The Morgan fingerprint density at radius 3 is 2.56 bits per heavy atom. The fourth-order valence-corrected chi connectivity index (χ4v) is 4.19. The predicted octanol–water partition coefficient (Wildman–Crippen LogP) is 3.72. The summed E-state index contributed by atoms with van der Waals surface area (Å²) < 4.78 is 5.52. The summed E-state index contributed by atoms with van der Waals surface area (Å²) in [6.07, 6.45) is 4.07. The molecular weight excluding hydrogens is 404 g/mol. The summed E-state index contributed by atoms with van der Waals surface area (Å²) in [5.41, 5.74) is 1.89. The number of nitrogens with one attached hydrogen (secondary N) is 1. The van der Waals surface area contributed by atoms with Crippen LogP contribution in [0.2, 0.25) is 0 Å². The number of likely N-dealkylation sites (N-methyl/N-ethyl adjacent to an activating group) is 1. The molecule has 5 rings (SSSR count). The minimum Gasteiger partial charge on any atom is -0.410 e. The third-order valence-corrected chi connectivity index (χ3v) is 6.31. The number of ether oxygens (including phenoxy) is 1. The highest BCUT2D eigenvalue weighted by molar-refractivity contribution is 5.97. The number of rotatable bonds is 4. The number of anilines is 1. The van der Waals surface area contributed by atoms with Gasteiger partial charge in [0.25, 0.3) is 0 Å². The molecule has 7 nitrogen and oxygen atoms in total. The lowest BCUT2D eigenvalue weighted by Gasteiger charge is -2.31. The highest BCUT2D eigenvalue weighted by atomic mass is 16.6. The fraction of sp³-hybridized carbons (Fsp3) is 0.320. The van der Waals surface area contributed by atoms with Crippen molar-refractivity contribution in [1.82, 2.24) is 14.8 Å². The summed E-state index contributed by atoms with van der Waals surface area (Å²) in [5, 5.41) is 5.13. The monoisotopic (exact) mass is 430 g/mol. The van der Waals surface area contributed by atoms with Gasteiger partial charge in [-0.1, -0.05) is 18.2 Å². The zero-order valence-electron chi connectivity index (χ0n) is 18.0. The molecular formula is C25H26N4O3. The number of carbonyl (C=O) groups is 2. The van der Waals surface area contributed by atoms with Crippen LogP contribution < -0.4 is 10.1 Å². The van der Waals surface area contributed by atoms with Gasteiger partial charge in [0.1, 0.15) is 5.75 Å². The molecule has 32 heavy (non-hydrogen) atoms. The predicted molar refractivity (Wildman–Crippen MR) is 123 cm³/mol. The van der Waals surface area contributed by atoms with E-state index in [4.69, 9.17) is 4.74 Å². The number of fused-ring (bicyclic) bond motifs is 1. The Hall–Kier alpha value is -3.45. The van der Waals surface area contributed by atoms with E-state index < -0.39 is 0 Å². The molecule has 1 aliphatic carbocycles. The highest BCUT2D eigenvalue weighted by Gasteiger charge is 2.44. The van der Waals surface area contributed by atoms with E-state index in [9.17, 15) is 9.59 Å². The van der Waals surface area contributed by atoms with Gasteiger partial charge in [-0.2, -0.15) is 0 Å². The number of hydrogen-bond donors (Lipinski definition) is 1. The zero-order chi connectivity index (χ0) is 22.1. The van der Waals surface area contributed by atoms with Crippen molar-refractivity contribution in [1.29, 1.82) is 0 Å². The molecule has 1 aliphatic heterocycles. The second-order valence-corrected chi connectivity index (χ2v) is 8.60. The molecule has 1 aromatic heterocycles. The normalized spacial score (nSPS) is 20.7. The second-order valence-electron chi connectivity index (χ2n) is 8.60. The van der Waals surface area contributed by atoms with Gasteiger partial charge in [0.2, 0.25) is 5.91 Å². The van der Waals surface area contributed by atoms with Crippen LogP contribution in [0.1, 0.15) is 17.9 Å². The van der Waals surface area contributed by atoms with Crippen molar-refractivity contribution >= 4 is 28.5 Å². The van der Waals surface area contributed by atoms with Gasteiger partial charge in [0.15, 0.2) is 0 Å². The third-order valence-electron chi connectivity index (χ3n) is 6.31. The topological polar surface area (TPSA) is 74.8 Å². The molecule has 2 fully saturated rings. The Morgan fingerprint density at radius 2 is 1.78 bits per heavy atom. The lowest BCUT2D eigenvalue weighted by molar-refractivity contribution is -0.117. The maximum atomic E-state index is 12.7. The number of aromatic nitrogens is 1. The molecule has 164 valence electrons. The number of amides is 2. The minimum absolute atomic E-state index is 0.0361. The molecule has 2 amide bonds. The summed E-state index contributed by atoms with van der Waals surface area (Å²) in [4.78, 5) is 33.1. The molecule has 1 saturated carbocycles. The van der Waals surface area contributed by atoms with Crippen LogP contribution in [0.5, 0.6) is 5.75 Å². The first-order valence-electron chi connectivity index (χ1n) is 11.0. The van der Waals surface area contributed by atoms with Crippen molar-refractivity contribution in [3.8, 4) is 5.75 Å². The Balaban J connectivity index is 1.16. The Kier molecular flexibility index (Phi) is 5.49. The van der Waals surface area contributed by atoms with E-state index in [1.807, 2.05) is 61.8 Å². The van der Waals surface area contributed by atoms with Crippen LogP contribution in [0.15, 0.2) is 60.9 Å². The van der Waals surface area contributed by atoms with E-state index in [0.29, 0.717) is 18.8 Å². The number of nitrogens with zero attached hydrogens (tertiary/aromatic N) is 3. The summed E-state index contributed by atoms with van der Waals surface area (Å²) in [5.74, 6) is 0.725. The second kappa shape index (κ2) is 8.59. The summed E-state index contributed by atoms with van der Waals surface area (Å²) in [7, 11) is 2.05. The van der Waals surface area contributed by atoms with Crippen molar-refractivity contribution in [3.63, 3.8) is 0 Å². The third kappa shape index (κ3) is 4.43. The number of pyridine rings is 1. The molecule has 0 unspecified atom stereocenters. The summed E-state index contributed by atoms with van der Waals surface area (Å²) >= 11 is 0. The van der Waals surface area contributed by atoms with Crippen LogP contribution in [0.4, 0.5) is 10.5 Å². The average molecular weight is 431 g/mol. The quantitative estimate of drug-likeness (QED) is 0.683. The first kappa shape index (κ1) is 20.5. The smallest absolute Gasteiger partial charge is 0.410 e. The largest absolute Gasteiger partial charge is 0.415 e. The number of benzene rings is 2. The molecule has 0 bridgehead atoms. The summed E-state index contributed by atoms with van der Waals surface area (Å²) in [6.45, 7) is 3.08. The molecule has 1 saturated heterocycles. The number of carbonyl (C=O) groups excluding carboxylic acids is 2. The van der Waals surface area contributed by atoms with E-state index >= 15 is 0 Å². The van der Waals surface area contributed by atoms with Gasteiger partial charge in [0, 0.05) is 55.6 Å². The number of piperazine rings is 1. The SMILES string of the molecule is CN1CCN(C(=O)Oc2ccc([C@@H]3C[C@H]3C(=O)Nc3ccc4cnccc4c3)cc2)CC1. The van der Waals surface area contributed by atoms with E-state index in [-0.39, 0.29) is 23.8 Å². The maximum Gasteiger partial charge on any atom is 0.415 e. The van der Waals surface area contributed by atoms with E-state index in [0.717, 1.165) is 41.5 Å². The zero-order valence-corrected chi connectivity index (χ0v) is 18.0. The van der Waals surface area contributed by atoms with Crippen molar-refractivity contribution in [2.45, 2.75) is 12.3 Å². The molecule has 2 heterocycles. The van der Waals surface area contributed by atoms with Crippen LogP contribution in [0, 0.1) is 5.92 Å². The van der Waals surface area contributed by atoms with Crippen molar-refractivity contribution < 1.29 is 14.3 Å². The van der Waals surface area contributed by atoms with Crippen LogP contribution in [0.3, 0.4) is 0 Å². The molecule has 2 aliphatic rings. The average Bonchev–Trinajstić information content (AvgIpc) is 3.61. The fourth-order valence-electron chi connectivity index (χ4n) is 4.19. The minimum atomic E-state index is -0.305. The molecule has 0 radical (unpaired) electrons. The highest BCUT2D eigenvalue weighted by Crippen LogP contribution is 2.48. The lowest BCUT2D eigenvalue weighted by atomic mass is 10.1. The van der Waals surface area contributed by atoms with Crippen molar-refractivity contribution in [2.24, 2.45) is 5.92 Å². The van der Waals surface area contributed by atoms with Gasteiger partial charge in [-0.05, 0) is 60.7 Å². The van der Waals surface area contributed by atoms with Crippen molar-refractivity contribution in [3.05, 3.63) is 66.5 Å². The van der Waals surface area contributed by atoms with Crippen LogP contribution in [-0.2, 0) is 4.79 Å². The van der Waals surface area contributed by atoms with Gasteiger partial charge in [-0.15, -0.1) is 0 Å². The molecule has 0 spiro atoms. The molecule has 2 atom stereocenters. The maximum absolute atomic E-state index is 12.7. The lowest BCUT2D eigenvalue weighted by Crippen LogP contribution is -2.48. The molecule has 1 N–H and O–H groups in total. The van der Waals surface area contributed by atoms with Gasteiger partial charge < -0.3 is 19.9 Å². The molecule has 7 heteroatoms. The standard InChI is InChI=1S/C25H26N4O3/c1-28-10-12-29(13-11-28)25(31)32-21-6-3-17(4-7-21)22-15-23(22)24(30)27-20-5-2-19-16-26-9-8-18(19)14-20/h2-9,14,16,22-23H,10-13,15H2,1H3,(H,27,30)/t22-,23+/m0/s1. The van der Waals surface area contributed by atoms with E-state index in [2.05, 4.69) is 15.2 Å². The first-order chi connectivity index (χ1) is 15.6. The van der Waals surface area contributed by atoms with Crippen LogP contribution >= 0.6 is 0 Å². The van der Waals surface area contributed by atoms with Crippen LogP contribution in [0.25, 0.3) is 10.8 Å². The van der Waals surface area contributed by atoms with E-state index in [1.54, 1.807) is 11.1 Å². The summed E-state index contributed by atoms with van der Waals surface area (Å²) in [6, 6.07) is 15.3. The van der Waals surface area contributed by atoms with Gasteiger partial charge in [-0.25, -0.2) is 4.79 Å². The molecule has 3 aromatic rings. The van der Waals surface area contributed by atoms with Gasteiger partial charge >= 0.3 is 6.09 Å². The van der Waals surface area contributed by atoms with Crippen LogP contribution in [-0.4, -0.2) is 60.0 Å². The Bertz CT molecular complexity index is 1140. The van der Waals surface area contributed by atoms with Gasteiger partial charge in [-0.3, -0.25) is 9.78 Å².